The Balaban J connectivity index is 1.36. The number of amides is 1. The maximum absolute atomic E-state index is 14.7. The molecular weight excluding hydrogens is 512 g/mol. The highest BCUT2D eigenvalue weighted by atomic mass is 35.5. The molecule has 1 saturated carbocycles. The van der Waals surface area contributed by atoms with Crippen molar-refractivity contribution in [3.8, 4) is 11.8 Å². The summed E-state index contributed by atoms with van der Waals surface area (Å²) >= 11 is 12.3. The monoisotopic (exact) mass is 537 g/mol. The third kappa shape index (κ3) is 6.53. The molecule has 1 aliphatic heterocycles. The first-order valence-corrected chi connectivity index (χ1v) is 13.8. The van der Waals surface area contributed by atoms with Gasteiger partial charge in [0.2, 0.25) is 0 Å². The molecule has 1 saturated heterocycles. The molecule has 35 heavy (non-hydrogen) atoms. The van der Waals surface area contributed by atoms with Gasteiger partial charge in [0.1, 0.15) is 28.6 Å². The van der Waals surface area contributed by atoms with Crippen molar-refractivity contribution in [3.05, 3.63) is 62.4 Å². The van der Waals surface area contributed by atoms with Crippen molar-refractivity contribution in [2.75, 3.05) is 26.0 Å². The van der Waals surface area contributed by atoms with Crippen molar-refractivity contribution in [2.45, 2.75) is 38.1 Å². The van der Waals surface area contributed by atoms with Crippen LogP contribution in [0.1, 0.15) is 58.6 Å². The van der Waals surface area contributed by atoms with Crippen molar-refractivity contribution < 1.29 is 18.1 Å². The number of carbonyl (C=O) groups excluding carboxylic acids is 1. The number of nitrogens with one attached hydrogen (secondary N) is 1. The topological polar surface area (TPSA) is 82.4 Å². The number of halogens is 3. The molecule has 2 aromatic rings. The molecule has 0 aromatic heterocycles. The average molecular weight is 538 g/mol. The van der Waals surface area contributed by atoms with Crippen molar-refractivity contribution in [3.63, 3.8) is 0 Å². The molecule has 186 valence electrons. The molecule has 0 bridgehead atoms. The summed E-state index contributed by atoms with van der Waals surface area (Å²) in [7, 11) is -1.57. The van der Waals surface area contributed by atoms with Gasteiger partial charge in [-0.25, -0.2) is 8.60 Å². The zero-order valence-corrected chi connectivity index (χ0v) is 21.6. The van der Waals surface area contributed by atoms with E-state index in [-0.39, 0.29) is 11.5 Å². The smallest absolute Gasteiger partial charge is 0.265 e. The number of nitriles is 1. The molecular formula is C25H26Cl2FN3O3S. The zero-order valence-electron chi connectivity index (χ0n) is 19.3. The number of carbonyl (C=O) groups is 1. The number of likely N-dealkylation sites (tertiary alicyclic amines) is 1. The number of nitrogens with zero attached hydrogens (tertiary/aromatic N) is 2. The first-order valence-electron chi connectivity index (χ1n) is 11.5. The average Bonchev–Trinajstić information content (AvgIpc) is 3.63. The molecule has 1 heterocycles. The van der Waals surface area contributed by atoms with E-state index in [0.717, 1.165) is 49.9 Å². The molecule has 2 aromatic carbocycles. The second-order valence-corrected chi connectivity index (χ2v) is 11.0. The lowest BCUT2D eigenvalue weighted by atomic mass is 9.96. The predicted octanol–water partition coefficient (Wildman–Crippen LogP) is 5.20. The van der Waals surface area contributed by atoms with Gasteiger partial charge in [-0.3, -0.25) is 14.4 Å². The van der Waals surface area contributed by atoms with Crippen molar-refractivity contribution in [1.29, 1.82) is 5.26 Å². The maximum Gasteiger partial charge on any atom is 0.265 e. The summed E-state index contributed by atoms with van der Waals surface area (Å²) in [6.07, 6.45) is 5.08. The Morgan fingerprint density at radius 2 is 1.94 bits per heavy atom. The van der Waals surface area contributed by atoms with Gasteiger partial charge in [-0.2, -0.15) is 5.26 Å². The van der Waals surface area contributed by atoms with Gasteiger partial charge >= 0.3 is 0 Å². The van der Waals surface area contributed by atoms with Crippen LogP contribution in [0.2, 0.25) is 10.0 Å². The summed E-state index contributed by atoms with van der Waals surface area (Å²) < 4.78 is 34.3. The van der Waals surface area contributed by atoms with E-state index in [4.69, 9.17) is 27.9 Å². The quantitative estimate of drug-likeness (QED) is 0.500. The molecule has 10 heteroatoms. The summed E-state index contributed by atoms with van der Waals surface area (Å²) in [4.78, 5) is 14.5. The van der Waals surface area contributed by atoms with Crippen LogP contribution in [0, 0.1) is 23.1 Å². The Hall–Kier alpha value is -2.18. The number of hydrogen-bond acceptors (Lipinski definition) is 5. The van der Waals surface area contributed by atoms with Crippen molar-refractivity contribution in [1.82, 2.24) is 9.62 Å². The van der Waals surface area contributed by atoms with E-state index >= 15 is 0 Å². The fourth-order valence-corrected chi connectivity index (χ4v) is 5.36. The Kier molecular flexibility index (Phi) is 8.33. The van der Waals surface area contributed by atoms with Gasteiger partial charge < -0.3 is 4.74 Å². The SMILES string of the molecule is CS(=O)NC(=O)c1cc(C2CC2)c(OCC2CCN(Cc3cc(Cl)cc(Cl)c3C#N)CC2)cc1F. The third-order valence-electron chi connectivity index (χ3n) is 6.42. The maximum atomic E-state index is 14.7. The molecule has 2 fully saturated rings. The summed E-state index contributed by atoms with van der Waals surface area (Å²) in [5, 5.41) is 10.3. The van der Waals surface area contributed by atoms with Crippen LogP contribution in [-0.4, -0.2) is 41.0 Å². The zero-order chi connectivity index (χ0) is 25.1. The highest BCUT2D eigenvalue weighted by Crippen LogP contribution is 2.45. The predicted molar refractivity (Wildman–Crippen MR) is 135 cm³/mol. The minimum atomic E-state index is -1.57. The van der Waals surface area contributed by atoms with Crippen LogP contribution < -0.4 is 9.46 Å². The number of piperidine rings is 1. The standard InChI is InChI=1S/C25H26Cl2FN3O3S/c1-35(33)30-25(32)20-10-19(16-2-3-16)24(11-23(20)28)34-14-15-4-6-31(7-5-15)13-17-8-18(26)9-22(27)21(17)12-29/h8-11,15-16H,2-7,13-14H2,1H3,(H,30,32). The summed E-state index contributed by atoms with van der Waals surface area (Å²) in [5.74, 6) is -0.329. The number of benzene rings is 2. The van der Waals surface area contributed by atoms with E-state index in [0.29, 0.717) is 40.4 Å². The first-order chi connectivity index (χ1) is 16.7. The fourth-order valence-electron chi connectivity index (χ4n) is 4.41. The molecule has 6 nitrogen and oxygen atoms in total. The fraction of sp³-hybridized carbons (Fsp3) is 0.440. The van der Waals surface area contributed by atoms with Gasteiger partial charge in [-0.1, -0.05) is 23.2 Å². The molecule has 1 N–H and O–H groups in total. The van der Waals surface area contributed by atoms with Crippen LogP contribution in [0.3, 0.4) is 0 Å². The molecule has 0 spiro atoms. The molecule has 1 atom stereocenters. The molecule has 1 aliphatic carbocycles. The van der Waals surface area contributed by atoms with E-state index in [9.17, 15) is 18.7 Å². The van der Waals surface area contributed by atoms with E-state index < -0.39 is 22.7 Å². The third-order valence-corrected chi connectivity index (χ3v) is 7.41. The Morgan fingerprint density at radius 1 is 1.23 bits per heavy atom. The van der Waals surface area contributed by atoms with E-state index in [1.54, 1.807) is 12.1 Å². The van der Waals surface area contributed by atoms with E-state index in [1.807, 2.05) is 0 Å². The van der Waals surface area contributed by atoms with Crippen LogP contribution in [-0.2, 0) is 17.5 Å². The van der Waals surface area contributed by atoms with Gasteiger partial charge in [-0.15, -0.1) is 0 Å². The second kappa shape index (κ2) is 11.3. The van der Waals surface area contributed by atoms with Gasteiger partial charge in [-0.05, 0) is 79.9 Å². The molecule has 4 rings (SSSR count). The van der Waals surface area contributed by atoms with E-state index in [2.05, 4.69) is 15.7 Å². The van der Waals surface area contributed by atoms with Crippen LogP contribution in [0.4, 0.5) is 4.39 Å². The van der Waals surface area contributed by atoms with Gasteiger partial charge in [0.25, 0.3) is 5.91 Å². The van der Waals surface area contributed by atoms with Gasteiger partial charge in [0, 0.05) is 23.9 Å². The Labute approximate surface area is 216 Å². The van der Waals surface area contributed by atoms with Crippen LogP contribution in [0.25, 0.3) is 0 Å². The summed E-state index contributed by atoms with van der Waals surface area (Å²) in [6.45, 7) is 2.73. The van der Waals surface area contributed by atoms with Crippen LogP contribution >= 0.6 is 23.2 Å². The number of rotatable bonds is 8. The van der Waals surface area contributed by atoms with E-state index in [1.165, 1.54) is 18.4 Å². The molecule has 0 radical (unpaired) electrons. The lowest BCUT2D eigenvalue weighted by molar-refractivity contribution is 0.0979. The normalized spacial score (nSPS) is 17.6. The van der Waals surface area contributed by atoms with Gasteiger partial charge in [0.05, 0.1) is 22.8 Å². The lowest BCUT2D eigenvalue weighted by Gasteiger charge is -2.32. The lowest BCUT2D eigenvalue weighted by Crippen LogP contribution is -2.35. The minimum absolute atomic E-state index is 0.111. The highest BCUT2D eigenvalue weighted by molar-refractivity contribution is 7.82. The number of hydrogen-bond donors (Lipinski definition) is 1. The molecule has 2 aliphatic rings. The molecule has 1 amide bonds. The summed E-state index contributed by atoms with van der Waals surface area (Å²) in [5.41, 5.74) is 2.00. The summed E-state index contributed by atoms with van der Waals surface area (Å²) in [6, 6.07) is 8.35. The van der Waals surface area contributed by atoms with Crippen LogP contribution in [0.5, 0.6) is 5.75 Å². The first kappa shape index (κ1) is 25.9. The van der Waals surface area contributed by atoms with Crippen molar-refractivity contribution >= 4 is 40.1 Å². The minimum Gasteiger partial charge on any atom is -0.493 e. The molecule has 1 unspecified atom stereocenters. The number of ether oxygens (including phenoxy) is 1. The Bertz CT molecular complexity index is 1190. The Morgan fingerprint density at radius 3 is 2.57 bits per heavy atom. The van der Waals surface area contributed by atoms with Gasteiger partial charge in [0.15, 0.2) is 0 Å². The highest BCUT2D eigenvalue weighted by Gasteiger charge is 2.30. The van der Waals surface area contributed by atoms with Crippen LogP contribution in [0.15, 0.2) is 24.3 Å². The largest absolute Gasteiger partial charge is 0.493 e. The van der Waals surface area contributed by atoms with Crippen molar-refractivity contribution in [2.24, 2.45) is 5.92 Å². The second-order valence-electron chi connectivity index (χ2n) is 9.09.